The Labute approximate surface area is 432 Å². The van der Waals surface area contributed by atoms with Gasteiger partial charge in [-0.3, -0.25) is 0 Å². The predicted molar refractivity (Wildman–Crippen MR) is 309 cm³/mol. The molecule has 352 valence electrons. The number of nitrogens with zero attached hydrogens (tertiary/aromatic N) is 2. The number of hydrogen-bond donors (Lipinski definition) is 1. The molecule has 0 radical (unpaired) electrons. The number of para-hydroxylation sites is 2. The topological polar surface area (TPSA) is 21.9 Å². The first-order chi connectivity index (χ1) is 36.4. The molecule has 1 atom stereocenters. The fourth-order valence-corrected chi connectivity index (χ4v) is 14.6. The van der Waals surface area contributed by atoms with Crippen molar-refractivity contribution in [2.75, 3.05) is 5.32 Å². The minimum absolute atomic E-state index is 0.0835. The Balaban J connectivity index is 0.828. The Morgan fingerprint density at radius 2 is 1.14 bits per heavy atom. The van der Waals surface area contributed by atoms with Crippen LogP contribution in [0.5, 0.6) is 0 Å². The Morgan fingerprint density at radius 1 is 0.473 bits per heavy atom. The highest BCUT2D eigenvalue weighted by molar-refractivity contribution is 6.13. The summed E-state index contributed by atoms with van der Waals surface area (Å²) in [5, 5.41) is 7.96. The van der Waals surface area contributed by atoms with Gasteiger partial charge in [-0.2, -0.15) is 0 Å². The molecule has 11 aromatic rings. The van der Waals surface area contributed by atoms with E-state index >= 15 is 0 Å². The third-order valence-electron chi connectivity index (χ3n) is 17.8. The van der Waals surface area contributed by atoms with Crippen molar-refractivity contribution in [1.29, 1.82) is 0 Å². The van der Waals surface area contributed by atoms with Gasteiger partial charge in [0.15, 0.2) is 0 Å². The molecule has 5 aliphatic rings. The van der Waals surface area contributed by atoms with Crippen LogP contribution in [0.25, 0.3) is 89.1 Å². The van der Waals surface area contributed by atoms with Gasteiger partial charge in [0, 0.05) is 66.7 Å². The number of anilines is 2. The summed E-state index contributed by atoms with van der Waals surface area (Å²) in [7, 11) is 0. The van der Waals surface area contributed by atoms with Crippen LogP contribution in [0.2, 0.25) is 0 Å². The summed E-state index contributed by atoms with van der Waals surface area (Å²) in [4.78, 5) is 0. The van der Waals surface area contributed by atoms with Crippen molar-refractivity contribution in [3.05, 3.63) is 262 Å². The molecule has 3 nitrogen and oxygen atoms in total. The molecule has 0 saturated heterocycles. The Hall–Kier alpha value is -8.66. The van der Waals surface area contributed by atoms with E-state index in [1.807, 2.05) is 0 Å². The molecule has 0 bridgehead atoms. The van der Waals surface area contributed by atoms with Crippen LogP contribution >= 0.6 is 0 Å². The van der Waals surface area contributed by atoms with E-state index in [4.69, 9.17) is 0 Å². The second kappa shape index (κ2) is 15.2. The molecule has 16 rings (SSSR count). The second-order valence-corrected chi connectivity index (χ2v) is 21.9. The Bertz CT molecular complexity index is 4340. The number of rotatable bonds is 5. The molecule has 1 unspecified atom stereocenters. The molecule has 0 saturated carbocycles. The van der Waals surface area contributed by atoms with Crippen molar-refractivity contribution in [1.82, 2.24) is 9.13 Å². The number of fused-ring (bicyclic) bond motifs is 19. The second-order valence-electron chi connectivity index (χ2n) is 21.9. The normalized spacial score (nSPS) is 17.2. The maximum absolute atomic E-state index is 4.07. The monoisotopic (exact) mass is 947 g/mol. The lowest BCUT2D eigenvalue weighted by Crippen LogP contribution is -2.27. The molecule has 2 aromatic heterocycles. The molecular formula is C71H53N3. The first-order valence-corrected chi connectivity index (χ1v) is 26.6. The van der Waals surface area contributed by atoms with Gasteiger partial charge in [0.1, 0.15) is 0 Å². The van der Waals surface area contributed by atoms with Crippen LogP contribution in [0.4, 0.5) is 11.4 Å². The van der Waals surface area contributed by atoms with Gasteiger partial charge in [-0.05, 0) is 166 Å². The minimum atomic E-state index is -0.445. The van der Waals surface area contributed by atoms with Crippen LogP contribution in [0.1, 0.15) is 83.3 Å². The lowest BCUT2D eigenvalue weighted by molar-refractivity contribution is 0.661. The van der Waals surface area contributed by atoms with E-state index in [9.17, 15) is 0 Å². The van der Waals surface area contributed by atoms with E-state index in [0.29, 0.717) is 0 Å². The molecule has 74 heavy (non-hydrogen) atoms. The van der Waals surface area contributed by atoms with Crippen LogP contribution in [-0.2, 0) is 17.3 Å². The summed E-state index contributed by atoms with van der Waals surface area (Å²) < 4.78 is 5.06. The highest BCUT2D eigenvalue weighted by atomic mass is 15.0. The SMILES string of the molecule is Cc1ccc2c(c1Nc1ccc(-c3ccc4c(c3)c3cc5c(cc3n4-c3ccccc3)C(C)(C)c3ccccc3-5)cc1)C1=C(C=CCC1)C21c2ccccc2-c2c1ccc1c3c(n(-c4ccccc4)c21)CCC=C3. The van der Waals surface area contributed by atoms with Crippen LogP contribution in [0, 0.1) is 6.92 Å². The van der Waals surface area contributed by atoms with Crippen molar-refractivity contribution in [2.45, 2.75) is 57.3 Å². The van der Waals surface area contributed by atoms with E-state index in [-0.39, 0.29) is 5.41 Å². The molecule has 0 aliphatic heterocycles. The lowest BCUT2D eigenvalue weighted by atomic mass is 9.69. The number of allylic oxidation sites excluding steroid dienone is 5. The summed E-state index contributed by atoms with van der Waals surface area (Å²) in [6.07, 6.45) is 13.8. The van der Waals surface area contributed by atoms with Crippen molar-refractivity contribution < 1.29 is 0 Å². The zero-order chi connectivity index (χ0) is 49.0. The van der Waals surface area contributed by atoms with Crippen LogP contribution in [0.15, 0.2) is 212 Å². The van der Waals surface area contributed by atoms with Crippen molar-refractivity contribution in [3.8, 4) is 44.8 Å². The maximum Gasteiger partial charge on any atom is 0.0723 e. The number of nitrogens with one attached hydrogen (secondary N) is 1. The van der Waals surface area contributed by atoms with Crippen LogP contribution in [-0.4, -0.2) is 9.13 Å². The van der Waals surface area contributed by atoms with E-state index in [1.165, 1.54) is 144 Å². The summed E-state index contributed by atoms with van der Waals surface area (Å²) in [5.41, 5.74) is 31.0. The number of benzene rings is 9. The van der Waals surface area contributed by atoms with E-state index < -0.39 is 5.41 Å². The van der Waals surface area contributed by atoms with Gasteiger partial charge in [-0.25, -0.2) is 0 Å². The van der Waals surface area contributed by atoms with E-state index in [2.05, 4.69) is 248 Å². The highest BCUT2D eigenvalue weighted by Crippen LogP contribution is 2.66. The third kappa shape index (κ3) is 5.46. The molecule has 1 spiro atoms. The van der Waals surface area contributed by atoms with Gasteiger partial charge >= 0.3 is 0 Å². The van der Waals surface area contributed by atoms with Gasteiger partial charge in [0.25, 0.3) is 0 Å². The molecular weight excluding hydrogens is 895 g/mol. The summed E-state index contributed by atoms with van der Waals surface area (Å²) >= 11 is 0. The number of aryl methyl sites for hydroxylation is 1. The van der Waals surface area contributed by atoms with Crippen molar-refractivity contribution >= 4 is 55.7 Å². The van der Waals surface area contributed by atoms with Gasteiger partial charge in [0.2, 0.25) is 0 Å². The fourth-order valence-electron chi connectivity index (χ4n) is 14.6. The Morgan fingerprint density at radius 3 is 1.95 bits per heavy atom. The summed E-state index contributed by atoms with van der Waals surface area (Å²) in [6, 6.07) is 71.2. The first kappa shape index (κ1) is 41.9. The van der Waals surface area contributed by atoms with Crippen molar-refractivity contribution in [2.24, 2.45) is 0 Å². The number of hydrogen-bond acceptors (Lipinski definition) is 1. The maximum atomic E-state index is 4.07. The van der Waals surface area contributed by atoms with Crippen LogP contribution < -0.4 is 5.32 Å². The average Bonchev–Trinajstić information content (AvgIpc) is 4.20. The van der Waals surface area contributed by atoms with E-state index in [0.717, 1.165) is 31.4 Å². The van der Waals surface area contributed by atoms with Crippen molar-refractivity contribution in [3.63, 3.8) is 0 Å². The Kier molecular flexibility index (Phi) is 8.60. The molecule has 1 N–H and O–H groups in total. The average molecular weight is 948 g/mol. The van der Waals surface area contributed by atoms with Gasteiger partial charge in [0.05, 0.1) is 22.0 Å². The van der Waals surface area contributed by atoms with Gasteiger partial charge < -0.3 is 14.5 Å². The molecule has 2 heterocycles. The van der Waals surface area contributed by atoms with E-state index in [1.54, 1.807) is 0 Å². The number of aromatic nitrogens is 2. The molecule has 0 amide bonds. The quantitative estimate of drug-likeness (QED) is 0.182. The minimum Gasteiger partial charge on any atom is -0.355 e. The summed E-state index contributed by atoms with van der Waals surface area (Å²) in [5.74, 6) is 0. The lowest BCUT2D eigenvalue weighted by Gasteiger charge is -2.32. The molecule has 5 aliphatic carbocycles. The molecule has 0 fully saturated rings. The van der Waals surface area contributed by atoms with Gasteiger partial charge in [-0.1, -0.05) is 166 Å². The predicted octanol–water partition coefficient (Wildman–Crippen LogP) is 18.1. The zero-order valence-corrected chi connectivity index (χ0v) is 41.9. The summed E-state index contributed by atoms with van der Waals surface area (Å²) in [6.45, 7) is 7.03. The highest BCUT2D eigenvalue weighted by Gasteiger charge is 2.54. The smallest absolute Gasteiger partial charge is 0.0723 e. The standard InChI is InChI=1S/C71H53N3/c1-43-30-37-60-66(52-24-11-15-27-58(52)71(60)59-28-16-12-25-53(59)67-61(71)38-36-51-50-23-13-17-29-63(50)74(69(51)67)48-20-8-5-9-21-48)68(43)72-46-34-31-44(32-35-46)45-33-39-64-55(40-45)56-41-54-49-22-10-14-26-57(49)70(2,3)62(54)42-65(56)73(64)47-18-6-4-7-19-47/h4-10,12-16,18-23,25-28,30-42,72H,11,17,24,29H2,1-3H3. The largest absolute Gasteiger partial charge is 0.355 e. The van der Waals surface area contributed by atoms with Gasteiger partial charge in [-0.15, -0.1) is 0 Å². The zero-order valence-electron chi connectivity index (χ0n) is 41.9. The van der Waals surface area contributed by atoms with Crippen LogP contribution in [0.3, 0.4) is 0 Å². The molecule has 3 heteroatoms. The molecule has 9 aromatic carbocycles. The third-order valence-corrected chi connectivity index (χ3v) is 17.8. The fraction of sp³-hybridized carbons (Fsp3) is 0.127. The first-order valence-electron chi connectivity index (χ1n) is 26.6.